The minimum atomic E-state index is -4.34. The van der Waals surface area contributed by atoms with Crippen molar-refractivity contribution in [1.29, 1.82) is 0 Å². The van der Waals surface area contributed by atoms with Crippen LogP contribution >= 0.6 is 24.0 Å². The SMILES string of the molecule is CCNC(=NCCC(=O)NC(C)C)N(C)Cc1ccc(C(F)(F)F)cc1.I. The average Bonchev–Trinajstić information content (AvgIpc) is 2.53. The molecule has 0 bridgehead atoms. The maximum atomic E-state index is 12.6. The van der Waals surface area contributed by atoms with Crippen molar-refractivity contribution in [2.75, 3.05) is 20.1 Å². The third kappa shape index (κ3) is 9.83. The average molecular weight is 500 g/mol. The molecule has 1 amide bonds. The predicted molar refractivity (Wildman–Crippen MR) is 112 cm³/mol. The van der Waals surface area contributed by atoms with Crippen molar-refractivity contribution in [3.05, 3.63) is 35.4 Å². The summed E-state index contributed by atoms with van der Waals surface area (Å²) in [5.74, 6) is 0.537. The van der Waals surface area contributed by atoms with E-state index in [1.54, 1.807) is 7.05 Å². The first-order valence-corrected chi connectivity index (χ1v) is 8.58. The van der Waals surface area contributed by atoms with Gasteiger partial charge in [0.05, 0.1) is 12.1 Å². The third-order valence-corrected chi connectivity index (χ3v) is 3.45. The quantitative estimate of drug-likeness (QED) is 0.342. The summed E-state index contributed by atoms with van der Waals surface area (Å²) >= 11 is 0. The van der Waals surface area contributed by atoms with Crippen molar-refractivity contribution >= 4 is 35.8 Å². The number of amides is 1. The summed E-state index contributed by atoms with van der Waals surface area (Å²) in [7, 11) is 1.80. The van der Waals surface area contributed by atoms with Gasteiger partial charge in [0.2, 0.25) is 5.91 Å². The summed E-state index contributed by atoms with van der Waals surface area (Å²) < 4.78 is 37.9. The highest BCUT2D eigenvalue weighted by atomic mass is 127. The predicted octanol–water partition coefficient (Wildman–Crippen LogP) is 3.64. The van der Waals surface area contributed by atoms with E-state index >= 15 is 0 Å². The molecule has 27 heavy (non-hydrogen) atoms. The maximum Gasteiger partial charge on any atom is 0.416 e. The first kappa shape index (κ1) is 25.5. The number of benzene rings is 1. The van der Waals surface area contributed by atoms with Crippen molar-refractivity contribution in [1.82, 2.24) is 15.5 Å². The molecule has 0 atom stereocenters. The van der Waals surface area contributed by atoms with E-state index in [0.717, 1.165) is 17.7 Å². The van der Waals surface area contributed by atoms with Crippen LogP contribution in [0.4, 0.5) is 13.2 Å². The molecule has 0 unspecified atom stereocenters. The van der Waals surface area contributed by atoms with Gasteiger partial charge in [-0.3, -0.25) is 9.79 Å². The fourth-order valence-electron chi connectivity index (χ4n) is 2.28. The standard InChI is InChI=1S/C18H27F3N4O.HI/c1-5-22-17(23-11-10-16(26)24-13(2)3)25(4)12-14-6-8-15(9-7-14)18(19,20)21;/h6-9,13H,5,10-12H2,1-4H3,(H,22,23)(H,24,26);1H. The number of rotatable bonds is 7. The number of alkyl halides is 3. The zero-order valence-electron chi connectivity index (χ0n) is 16.1. The Labute approximate surface area is 175 Å². The molecule has 0 fully saturated rings. The van der Waals surface area contributed by atoms with Gasteiger partial charge < -0.3 is 15.5 Å². The number of aliphatic imine (C=N–C) groups is 1. The topological polar surface area (TPSA) is 56.7 Å². The molecule has 1 aromatic rings. The van der Waals surface area contributed by atoms with Crippen molar-refractivity contribution in [2.24, 2.45) is 4.99 Å². The van der Waals surface area contributed by atoms with E-state index < -0.39 is 11.7 Å². The van der Waals surface area contributed by atoms with E-state index in [9.17, 15) is 18.0 Å². The third-order valence-electron chi connectivity index (χ3n) is 3.45. The Balaban J connectivity index is 0.00000676. The molecule has 0 heterocycles. The van der Waals surface area contributed by atoms with Gasteiger partial charge in [-0.1, -0.05) is 12.1 Å². The Hall–Kier alpha value is -1.52. The van der Waals surface area contributed by atoms with Crippen molar-refractivity contribution in [3.63, 3.8) is 0 Å². The smallest absolute Gasteiger partial charge is 0.357 e. The van der Waals surface area contributed by atoms with E-state index in [2.05, 4.69) is 15.6 Å². The molecule has 0 aromatic heterocycles. The minimum Gasteiger partial charge on any atom is -0.357 e. The van der Waals surface area contributed by atoms with Gasteiger partial charge in [0.15, 0.2) is 5.96 Å². The normalized spacial score (nSPS) is 11.8. The lowest BCUT2D eigenvalue weighted by atomic mass is 10.1. The Morgan fingerprint density at radius 2 is 1.81 bits per heavy atom. The molecule has 0 spiro atoms. The van der Waals surface area contributed by atoms with Crippen LogP contribution in [0, 0.1) is 0 Å². The molecule has 9 heteroatoms. The lowest BCUT2D eigenvalue weighted by molar-refractivity contribution is -0.137. The van der Waals surface area contributed by atoms with Crippen LogP contribution in [0.5, 0.6) is 0 Å². The molecule has 0 aliphatic carbocycles. The minimum absolute atomic E-state index is 0. The number of halogens is 4. The van der Waals surface area contributed by atoms with Gasteiger partial charge in [-0.2, -0.15) is 13.2 Å². The Bertz CT molecular complexity index is 604. The number of guanidine groups is 1. The molecular weight excluding hydrogens is 472 g/mol. The van der Waals surface area contributed by atoms with E-state index in [0.29, 0.717) is 25.6 Å². The highest BCUT2D eigenvalue weighted by Gasteiger charge is 2.29. The van der Waals surface area contributed by atoms with Crippen LogP contribution in [-0.4, -0.2) is 42.9 Å². The first-order chi connectivity index (χ1) is 12.1. The van der Waals surface area contributed by atoms with E-state index in [4.69, 9.17) is 0 Å². The molecule has 0 aliphatic rings. The molecule has 5 nitrogen and oxygen atoms in total. The first-order valence-electron chi connectivity index (χ1n) is 8.58. The number of nitrogens with zero attached hydrogens (tertiary/aromatic N) is 2. The summed E-state index contributed by atoms with van der Waals surface area (Å²) in [5, 5.41) is 5.92. The summed E-state index contributed by atoms with van der Waals surface area (Å²) in [6.07, 6.45) is -4.06. The van der Waals surface area contributed by atoms with Crippen molar-refractivity contribution in [3.8, 4) is 0 Å². The van der Waals surface area contributed by atoms with E-state index in [1.165, 1.54) is 12.1 Å². The molecule has 154 valence electrons. The van der Waals surface area contributed by atoms with Crippen LogP contribution in [0.1, 0.15) is 38.3 Å². The second-order valence-electron chi connectivity index (χ2n) is 6.26. The van der Waals surface area contributed by atoms with Crippen LogP contribution in [0.25, 0.3) is 0 Å². The fraction of sp³-hybridized carbons (Fsp3) is 0.556. The summed E-state index contributed by atoms with van der Waals surface area (Å²) in [4.78, 5) is 17.9. The number of carbonyl (C=O) groups is 1. The largest absolute Gasteiger partial charge is 0.416 e. The lowest BCUT2D eigenvalue weighted by Crippen LogP contribution is -2.39. The molecule has 1 aromatic carbocycles. The highest BCUT2D eigenvalue weighted by molar-refractivity contribution is 14.0. The number of carbonyl (C=O) groups excluding carboxylic acids is 1. The van der Waals surface area contributed by atoms with Gasteiger partial charge in [0.25, 0.3) is 0 Å². The number of hydrogen-bond acceptors (Lipinski definition) is 2. The molecule has 0 radical (unpaired) electrons. The van der Waals surface area contributed by atoms with Crippen LogP contribution in [0.2, 0.25) is 0 Å². The van der Waals surface area contributed by atoms with Gasteiger partial charge in [-0.25, -0.2) is 0 Å². The van der Waals surface area contributed by atoms with E-state index in [1.807, 2.05) is 25.7 Å². The molecule has 0 saturated heterocycles. The summed E-state index contributed by atoms with van der Waals surface area (Å²) in [5.41, 5.74) is 0.0734. The van der Waals surface area contributed by atoms with Crippen LogP contribution in [0.3, 0.4) is 0 Å². The molecule has 0 aliphatic heterocycles. The Morgan fingerprint density at radius 3 is 2.30 bits per heavy atom. The highest BCUT2D eigenvalue weighted by Crippen LogP contribution is 2.29. The Morgan fingerprint density at radius 1 is 1.22 bits per heavy atom. The van der Waals surface area contributed by atoms with Gasteiger partial charge in [0.1, 0.15) is 0 Å². The summed E-state index contributed by atoms with van der Waals surface area (Å²) in [6.45, 7) is 7.09. The fourth-order valence-corrected chi connectivity index (χ4v) is 2.28. The second kappa shape index (κ2) is 12.0. The number of nitrogens with one attached hydrogen (secondary N) is 2. The van der Waals surface area contributed by atoms with E-state index in [-0.39, 0.29) is 42.3 Å². The molecule has 1 rings (SSSR count). The lowest BCUT2D eigenvalue weighted by Gasteiger charge is -2.22. The molecular formula is C18H28F3IN4O. The van der Waals surface area contributed by atoms with Crippen molar-refractivity contribution in [2.45, 2.75) is 46.0 Å². The monoisotopic (exact) mass is 500 g/mol. The molecule has 2 N–H and O–H groups in total. The van der Waals surface area contributed by atoms with Gasteiger partial charge >= 0.3 is 6.18 Å². The zero-order chi connectivity index (χ0) is 19.7. The second-order valence-corrected chi connectivity index (χ2v) is 6.26. The maximum absolute atomic E-state index is 12.6. The van der Waals surface area contributed by atoms with Crippen LogP contribution < -0.4 is 10.6 Å². The van der Waals surface area contributed by atoms with Gasteiger partial charge in [-0.05, 0) is 38.5 Å². The van der Waals surface area contributed by atoms with Gasteiger partial charge in [-0.15, -0.1) is 24.0 Å². The zero-order valence-corrected chi connectivity index (χ0v) is 18.4. The molecule has 0 saturated carbocycles. The number of hydrogen-bond donors (Lipinski definition) is 2. The van der Waals surface area contributed by atoms with Crippen LogP contribution in [0.15, 0.2) is 29.3 Å². The van der Waals surface area contributed by atoms with Crippen molar-refractivity contribution < 1.29 is 18.0 Å². The van der Waals surface area contributed by atoms with Crippen LogP contribution in [-0.2, 0) is 17.5 Å². The Kier molecular flexibility index (Phi) is 11.4. The summed E-state index contributed by atoms with van der Waals surface area (Å²) in [6, 6.07) is 5.15. The van der Waals surface area contributed by atoms with Gasteiger partial charge in [0, 0.05) is 32.6 Å².